The molecule has 0 fully saturated rings. The van der Waals surface area contributed by atoms with Crippen molar-refractivity contribution in [2.45, 2.75) is 63.3 Å². The molecule has 25 heavy (non-hydrogen) atoms. The van der Waals surface area contributed by atoms with Gasteiger partial charge < -0.3 is 5.11 Å². The number of benzene rings is 1. The lowest BCUT2D eigenvalue weighted by Gasteiger charge is -2.19. The number of rotatable bonds is 6. The van der Waals surface area contributed by atoms with Crippen molar-refractivity contribution in [3.63, 3.8) is 0 Å². The van der Waals surface area contributed by atoms with Gasteiger partial charge in [0, 0.05) is 12.3 Å². The van der Waals surface area contributed by atoms with E-state index in [-0.39, 0.29) is 5.56 Å². The van der Waals surface area contributed by atoms with Crippen molar-refractivity contribution in [1.82, 2.24) is 9.55 Å². The average molecular weight is 359 g/mol. The topological polar surface area (TPSA) is 55.1 Å². The number of aliphatic hydroxyl groups is 1. The Morgan fingerprint density at radius 1 is 1.28 bits per heavy atom. The van der Waals surface area contributed by atoms with Gasteiger partial charge in [0.05, 0.1) is 16.5 Å². The van der Waals surface area contributed by atoms with Gasteiger partial charge in [0.2, 0.25) is 0 Å². The number of allylic oxidation sites excluding steroid dienone is 2. The molecule has 0 unspecified atom stereocenters. The Kier molecular flexibility index (Phi) is 5.64. The maximum Gasteiger partial charge on any atom is 0.262 e. The number of fused-ring (bicyclic) bond motifs is 1. The monoisotopic (exact) mass is 358 g/mol. The predicted molar refractivity (Wildman–Crippen MR) is 104 cm³/mol. The quantitative estimate of drug-likeness (QED) is 0.479. The second kappa shape index (κ2) is 7.75. The second-order valence-corrected chi connectivity index (χ2v) is 8.27. The zero-order chi connectivity index (χ0) is 17.9. The highest BCUT2D eigenvalue weighted by Gasteiger charge is 2.17. The fraction of sp³-hybridized carbons (Fsp3) is 0.500. The van der Waals surface area contributed by atoms with Crippen LogP contribution in [0.25, 0.3) is 10.9 Å². The minimum absolute atomic E-state index is 0.0141. The molecular formula is C20H26N2O2S. The summed E-state index contributed by atoms with van der Waals surface area (Å²) in [5, 5.41) is 11.4. The number of para-hydroxylation sites is 1. The summed E-state index contributed by atoms with van der Waals surface area (Å²) in [5.74, 6) is 0.500. The summed E-state index contributed by atoms with van der Waals surface area (Å²) >= 11 is 1.45. The van der Waals surface area contributed by atoms with E-state index in [0.717, 1.165) is 24.8 Å². The minimum Gasteiger partial charge on any atom is -0.390 e. The molecule has 3 rings (SSSR count). The van der Waals surface area contributed by atoms with Gasteiger partial charge in [0.1, 0.15) is 0 Å². The van der Waals surface area contributed by atoms with Crippen molar-refractivity contribution in [3.8, 4) is 0 Å². The minimum atomic E-state index is -0.801. The first-order valence-corrected chi connectivity index (χ1v) is 9.95. The molecule has 0 amide bonds. The van der Waals surface area contributed by atoms with Crippen molar-refractivity contribution in [1.29, 1.82) is 0 Å². The van der Waals surface area contributed by atoms with Crippen molar-refractivity contribution < 1.29 is 5.11 Å². The number of nitrogens with zero attached hydrogens (tertiary/aromatic N) is 2. The van der Waals surface area contributed by atoms with E-state index in [4.69, 9.17) is 4.98 Å². The molecule has 0 saturated heterocycles. The van der Waals surface area contributed by atoms with Crippen LogP contribution in [-0.4, -0.2) is 26.0 Å². The molecule has 0 aliphatic heterocycles. The van der Waals surface area contributed by atoms with Gasteiger partial charge >= 0.3 is 0 Å². The van der Waals surface area contributed by atoms with Gasteiger partial charge in [0.15, 0.2) is 5.16 Å². The third-order valence-corrected chi connectivity index (χ3v) is 5.84. The molecule has 0 spiro atoms. The molecule has 1 N–H and O–H groups in total. The maximum atomic E-state index is 13.0. The third kappa shape index (κ3) is 4.73. The fourth-order valence-corrected chi connectivity index (χ4v) is 4.06. The molecule has 0 saturated carbocycles. The molecule has 0 atom stereocenters. The molecule has 2 aromatic rings. The lowest BCUT2D eigenvalue weighted by atomic mass is 9.97. The van der Waals surface area contributed by atoms with E-state index in [1.165, 1.54) is 30.2 Å². The molecule has 1 aliphatic rings. The number of hydrogen-bond donors (Lipinski definition) is 1. The third-order valence-electron chi connectivity index (χ3n) is 4.42. The summed E-state index contributed by atoms with van der Waals surface area (Å²) in [4.78, 5) is 17.7. The van der Waals surface area contributed by atoms with E-state index in [1.807, 2.05) is 24.3 Å². The van der Waals surface area contributed by atoms with Crippen LogP contribution >= 0.6 is 11.8 Å². The smallest absolute Gasteiger partial charge is 0.262 e. The van der Waals surface area contributed by atoms with Gasteiger partial charge in [-0.05, 0) is 58.1 Å². The summed E-state index contributed by atoms with van der Waals surface area (Å²) in [5.41, 5.74) is 1.38. The SMILES string of the molecule is CC(C)(O)CSc1nc2ccccc2c(=O)n1CCC1=CCCCC1. The van der Waals surface area contributed by atoms with Gasteiger partial charge in [-0.3, -0.25) is 9.36 Å². The molecular weight excluding hydrogens is 332 g/mol. The highest BCUT2D eigenvalue weighted by atomic mass is 32.2. The fourth-order valence-electron chi connectivity index (χ4n) is 3.08. The van der Waals surface area contributed by atoms with Crippen molar-refractivity contribution in [3.05, 3.63) is 46.3 Å². The van der Waals surface area contributed by atoms with Crippen LogP contribution in [0.4, 0.5) is 0 Å². The van der Waals surface area contributed by atoms with Crippen molar-refractivity contribution in [2.75, 3.05) is 5.75 Å². The van der Waals surface area contributed by atoms with Gasteiger partial charge in [-0.25, -0.2) is 4.98 Å². The van der Waals surface area contributed by atoms with Gasteiger partial charge in [0.25, 0.3) is 5.56 Å². The van der Waals surface area contributed by atoms with E-state index in [0.29, 0.717) is 22.8 Å². The van der Waals surface area contributed by atoms with E-state index in [2.05, 4.69) is 6.08 Å². The first-order valence-electron chi connectivity index (χ1n) is 8.97. The molecule has 134 valence electrons. The summed E-state index contributed by atoms with van der Waals surface area (Å²) in [6.45, 7) is 4.20. The summed E-state index contributed by atoms with van der Waals surface area (Å²) in [7, 11) is 0. The van der Waals surface area contributed by atoms with Crippen LogP contribution in [0.15, 0.2) is 45.9 Å². The first-order chi connectivity index (χ1) is 11.9. The zero-order valence-electron chi connectivity index (χ0n) is 15.0. The highest BCUT2D eigenvalue weighted by Crippen LogP contribution is 2.24. The molecule has 5 heteroatoms. The van der Waals surface area contributed by atoms with Gasteiger partial charge in [-0.2, -0.15) is 0 Å². The first kappa shape index (κ1) is 18.2. The Hall–Kier alpha value is -1.59. The predicted octanol–water partition coefficient (Wildman–Crippen LogP) is 4.15. The average Bonchev–Trinajstić information content (AvgIpc) is 2.59. The Labute approximate surface area is 153 Å². The number of hydrogen-bond acceptors (Lipinski definition) is 4. The molecule has 1 heterocycles. The normalized spacial score (nSPS) is 15.4. The van der Waals surface area contributed by atoms with E-state index >= 15 is 0 Å². The van der Waals surface area contributed by atoms with Crippen LogP contribution in [0.1, 0.15) is 46.0 Å². The Morgan fingerprint density at radius 2 is 2.08 bits per heavy atom. The molecule has 1 aromatic carbocycles. The lowest BCUT2D eigenvalue weighted by molar-refractivity contribution is 0.107. The molecule has 4 nitrogen and oxygen atoms in total. The Bertz CT molecular complexity index is 834. The lowest BCUT2D eigenvalue weighted by Crippen LogP contribution is -2.26. The van der Waals surface area contributed by atoms with Crippen LogP contribution in [0, 0.1) is 0 Å². The van der Waals surface area contributed by atoms with E-state index in [9.17, 15) is 9.90 Å². The van der Waals surface area contributed by atoms with Crippen molar-refractivity contribution in [2.24, 2.45) is 0 Å². The molecule has 0 bridgehead atoms. The summed E-state index contributed by atoms with van der Waals surface area (Å²) in [6.07, 6.45) is 8.04. The van der Waals surface area contributed by atoms with Gasteiger partial charge in [-0.1, -0.05) is 35.5 Å². The maximum absolute atomic E-state index is 13.0. The van der Waals surface area contributed by atoms with Crippen molar-refractivity contribution >= 4 is 22.7 Å². The van der Waals surface area contributed by atoms with Crippen LogP contribution in [0.5, 0.6) is 0 Å². The van der Waals surface area contributed by atoms with Crippen LogP contribution in [-0.2, 0) is 6.54 Å². The van der Waals surface area contributed by atoms with E-state index < -0.39 is 5.60 Å². The van der Waals surface area contributed by atoms with Crippen LogP contribution < -0.4 is 5.56 Å². The molecule has 1 aliphatic carbocycles. The largest absolute Gasteiger partial charge is 0.390 e. The standard InChI is InChI=1S/C20H26N2O2S/c1-20(2,24)14-25-19-21-17-11-7-6-10-16(17)18(23)22(19)13-12-15-8-4-3-5-9-15/h6-8,10-11,24H,3-5,9,12-14H2,1-2H3. The Morgan fingerprint density at radius 3 is 2.80 bits per heavy atom. The van der Waals surface area contributed by atoms with Crippen LogP contribution in [0.2, 0.25) is 0 Å². The number of thioether (sulfide) groups is 1. The molecule has 1 aromatic heterocycles. The summed E-state index contributed by atoms with van der Waals surface area (Å²) in [6, 6.07) is 7.49. The van der Waals surface area contributed by atoms with Gasteiger partial charge in [-0.15, -0.1) is 0 Å². The number of aromatic nitrogens is 2. The van der Waals surface area contributed by atoms with Crippen LogP contribution in [0.3, 0.4) is 0 Å². The molecule has 0 radical (unpaired) electrons. The highest BCUT2D eigenvalue weighted by molar-refractivity contribution is 7.99. The Balaban J connectivity index is 1.93. The zero-order valence-corrected chi connectivity index (χ0v) is 15.8. The second-order valence-electron chi connectivity index (χ2n) is 7.33. The summed E-state index contributed by atoms with van der Waals surface area (Å²) < 4.78 is 1.79. The van der Waals surface area contributed by atoms with E-state index in [1.54, 1.807) is 18.4 Å².